The summed E-state index contributed by atoms with van der Waals surface area (Å²) >= 11 is 0. The first-order valence-electron chi connectivity index (χ1n) is 5.71. The van der Waals surface area contributed by atoms with Gasteiger partial charge in [-0.2, -0.15) is 0 Å². The zero-order chi connectivity index (χ0) is 13.2. The van der Waals surface area contributed by atoms with Gasteiger partial charge in [-0.1, -0.05) is 30.3 Å². The molecule has 0 unspecified atom stereocenters. The van der Waals surface area contributed by atoms with Crippen molar-refractivity contribution >= 4 is 16.7 Å². The van der Waals surface area contributed by atoms with Crippen LogP contribution in [0.15, 0.2) is 54.7 Å². The van der Waals surface area contributed by atoms with E-state index in [-0.39, 0.29) is 5.69 Å². The summed E-state index contributed by atoms with van der Waals surface area (Å²) in [5, 5.41) is 10.7. The Bertz CT molecular complexity index is 757. The van der Waals surface area contributed by atoms with Gasteiger partial charge in [-0.15, -0.1) is 0 Å². The zero-order valence-corrected chi connectivity index (χ0v) is 9.85. The van der Waals surface area contributed by atoms with E-state index in [2.05, 4.69) is 9.97 Å². The molecule has 0 saturated heterocycles. The third-order valence-corrected chi connectivity index (χ3v) is 2.81. The minimum absolute atomic E-state index is 0.0225. The maximum Gasteiger partial charge on any atom is 0.271 e. The zero-order valence-electron chi connectivity index (χ0n) is 9.85. The maximum absolute atomic E-state index is 10.7. The average Bonchev–Trinajstić information content (AvgIpc) is 2.47. The Balaban J connectivity index is 2.12. The van der Waals surface area contributed by atoms with Gasteiger partial charge in [-0.3, -0.25) is 15.1 Å². The molecule has 0 aliphatic heterocycles. The summed E-state index contributed by atoms with van der Waals surface area (Å²) in [6, 6.07) is 14.2. The summed E-state index contributed by atoms with van der Waals surface area (Å²) in [7, 11) is 0. The highest BCUT2D eigenvalue weighted by Gasteiger charge is 2.08. The topological polar surface area (TPSA) is 68.9 Å². The Morgan fingerprint density at radius 1 is 1.00 bits per heavy atom. The Hall–Kier alpha value is -2.82. The Labute approximate surface area is 108 Å². The molecule has 0 spiro atoms. The van der Waals surface area contributed by atoms with Crippen LogP contribution in [0.4, 0.5) is 5.69 Å². The second-order valence-electron chi connectivity index (χ2n) is 4.05. The third kappa shape index (κ3) is 2.13. The lowest BCUT2D eigenvalue weighted by Crippen LogP contribution is -1.91. The molecule has 0 N–H and O–H groups in total. The van der Waals surface area contributed by atoms with Gasteiger partial charge in [-0.05, 0) is 6.07 Å². The molecule has 0 aliphatic carbocycles. The second kappa shape index (κ2) is 4.45. The highest BCUT2D eigenvalue weighted by atomic mass is 16.6. The molecular weight excluding hydrogens is 242 g/mol. The lowest BCUT2D eigenvalue weighted by Gasteiger charge is -2.02. The number of non-ortho nitro benzene ring substituents is 1. The van der Waals surface area contributed by atoms with Crippen LogP contribution in [0.2, 0.25) is 0 Å². The fourth-order valence-electron chi connectivity index (χ4n) is 1.86. The quantitative estimate of drug-likeness (QED) is 0.518. The van der Waals surface area contributed by atoms with Gasteiger partial charge in [0.25, 0.3) is 5.69 Å². The lowest BCUT2D eigenvalue weighted by atomic mass is 10.1. The smallest absolute Gasteiger partial charge is 0.258 e. The van der Waals surface area contributed by atoms with E-state index in [1.165, 1.54) is 12.1 Å². The summed E-state index contributed by atoms with van der Waals surface area (Å²) in [6.07, 6.45) is 1.63. The van der Waals surface area contributed by atoms with Crippen LogP contribution in [0.1, 0.15) is 0 Å². The van der Waals surface area contributed by atoms with E-state index in [9.17, 15) is 10.1 Å². The molecule has 0 saturated carbocycles. The van der Waals surface area contributed by atoms with Crippen LogP contribution in [0.25, 0.3) is 22.3 Å². The van der Waals surface area contributed by atoms with Crippen LogP contribution in [0.5, 0.6) is 0 Å². The van der Waals surface area contributed by atoms with Crippen LogP contribution in [-0.4, -0.2) is 14.9 Å². The van der Waals surface area contributed by atoms with E-state index in [0.717, 1.165) is 11.3 Å². The van der Waals surface area contributed by atoms with E-state index < -0.39 is 4.92 Å². The molecule has 3 aromatic rings. The number of hydrogen-bond donors (Lipinski definition) is 0. The maximum atomic E-state index is 10.7. The van der Waals surface area contributed by atoms with Gasteiger partial charge >= 0.3 is 0 Å². The van der Waals surface area contributed by atoms with Gasteiger partial charge in [0.2, 0.25) is 0 Å². The number of rotatable bonds is 2. The van der Waals surface area contributed by atoms with E-state index in [1.54, 1.807) is 12.3 Å². The van der Waals surface area contributed by atoms with Crippen molar-refractivity contribution in [2.75, 3.05) is 0 Å². The molecule has 0 fully saturated rings. The molecule has 0 radical (unpaired) electrons. The van der Waals surface area contributed by atoms with Crippen LogP contribution < -0.4 is 0 Å². The van der Waals surface area contributed by atoms with Crippen molar-refractivity contribution in [1.29, 1.82) is 0 Å². The van der Waals surface area contributed by atoms with E-state index >= 15 is 0 Å². The summed E-state index contributed by atoms with van der Waals surface area (Å²) < 4.78 is 0. The first-order valence-corrected chi connectivity index (χ1v) is 5.71. The molecule has 92 valence electrons. The number of aromatic nitrogens is 2. The summed E-state index contributed by atoms with van der Waals surface area (Å²) in [5.74, 6) is 0. The number of fused-ring (bicyclic) bond motifs is 1. The van der Waals surface area contributed by atoms with Gasteiger partial charge in [0.1, 0.15) is 0 Å². The molecule has 0 atom stereocenters. The third-order valence-electron chi connectivity index (χ3n) is 2.81. The molecule has 0 amide bonds. The predicted molar refractivity (Wildman–Crippen MR) is 71.6 cm³/mol. The highest BCUT2D eigenvalue weighted by Crippen LogP contribution is 2.21. The molecule has 0 bridgehead atoms. The molecule has 5 nitrogen and oxygen atoms in total. The normalized spacial score (nSPS) is 10.5. The van der Waals surface area contributed by atoms with Gasteiger partial charge in [0.05, 0.1) is 27.8 Å². The number of hydrogen-bond acceptors (Lipinski definition) is 4. The molecule has 5 heteroatoms. The summed E-state index contributed by atoms with van der Waals surface area (Å²) in [5.41, 5.74) is 2.91. The van der Waals surface area contributed by atoms with E-state index in [1.807, 2.05) is 30.3 Å². The van der Waals surface area contributed by atoms with Gasteiger partial charge in [0.15, 0.2) is 0 Å². The first-order chi connectivity index (χ1) is 9.24. The van der Waals surface area contributed by atoms with Crippen molar-refractivity contribution in [3.8, 4) is 11.3 Å². The highest BCUT2D eigenvalue weighted by molar-refractivity contribution is 5.79. The predicted octanol–water partition coefficient (Wildman–Crippen LogP) is 3.21. The van der Waals surface area contributed by atoms with Gasteiger partial charge in [-0.25, -0.2) is 4.98 Å². The number of nitro benzene ring substituents is 1. The molecule has 19 heavy (non-hydrogen) atoms. The molecule has 0 aliphatic rings. The van der Waals surface area contributed by atoms with Crippen LogP contribution in [0.3, 0.4) is 0 Å². The van der Waals surface area contributed by atoms with Crippen molar-refractivity contribution in [2.24, 2.45) is 0 Å². The number of nitrogens with zero attached hydrogens (tertiary/aromatic N) is 3. The molecule has 1 aromatic heterocycles. The minimum Gasteiger partial charge on any atom is -0.258 e. The van der Waals surface area contributed by atoms with Crippen LogP contribution >= 0.6 is 0 Å². The Morgan fingerprint density at radius 3 is 2.53 bits per heavy atom. The largest absolute Gasteiger partial charge is 0.271 e. The number of benzene rings is 2. The van der Waals surface area contributed by atoms with Crippen molar-refractivity contribution in [3.05, 3.63) is 64.8 Å². The van der Waals surface area contributed by atoms with Crippen molar-refractivity contribution in [3.63, 3.8) is 0 Å². The molecule has 2 aromatic carbocycles. The lowest BCUT2D eigenvalue weighted by molar-refractivity contribution is -0.384. The second-order valence-corrected chi connectivity index (χ2v) is 4.05. The van der Waals surface area contributed by atoms with E-state index in [4.69, 9.17) is 0 Å². The van der Waals surface area contributed by atoms with Gasteiger partial charge in [0, 0.05) is 17.7 Å². The molecule has 1 heterocycles. The fraction of sp³-hybridized carbons (Fsp3) is 0. The van der Waals surface area contributed by atoms with E-state index in [0.29, 0.717) is 11.0 Å². The SMILES string of the molecule is O=[N+]([O-])c1ccc2nc(-c3ccccc3)cnc2c1. The number of nitro groups is 1. The van der Waals surface area contributed by atoms with Crippen molar-refractivity contribution in [1.82, 2.24) is 9.97 Å². The minimum atomic E-state index is -0.438. The van der Waals surface area contributed by atoms with Crippen LogP contribution in [-0.2, 0) is 0 Å². The fourth-order valence-corrected chi connectivity index (χ4v) is 1.86. The Kier molecular flexibility index (Phi) is 2.64. The summed E-state index contributed by atoms with van der Waals surface area (Å²) in [6.45, 7) is 0. The summed E-state index contributed by atoms with van der Waals surface area (Å²) in [4.78, 5) is 18.9. The molecular formula is C14H9N3O2. The monoisotopic (exact) mass is 251 g/mol. The van der Waals surface area contributed by atoms with Crippen molar-refractivity contribution < 1.29 is 4.92 Å². The average molecular weight is 251 g/mol. The van der Waals surface area contributed by atoms with Crippen molar-refractivity contribution in [2.45, 2.75) is 0 Å². The molecule has 3 rings (SSSR count). The van der Waals surface area contributed by atoms with Crippen LogP contribution in [0, 0.1) is 10.1 Å². The standard InChI is InChI=1S/C14H9N3O2/c18-17(19)11-6-7-12-13(8-11)15-9-14(16-12)10-4-2-1-3-5-10/h1-9H. The Morgan fingerprint density at radius 2 is 1.79 bits per heavy atom. The van der Waals surface area contributed by atoms with Gasteiger partial charge < -0.3 is 0 Å². The first kappa shape index (κ1) is 11.3.